The number of halogens is 1. The van der Waals surface area contributed by atoms with Crippen LogP contribution >= 0.6 is 11.6 Å². The van der Waals surface area contributed by atoms with E-state index >= 15 is 0 Å². The molecule has 0 spiro atoms. The van der Waals surface area contributed by atoms with Crippen LogP contribution in [-0.4, -0.2) is 6.54 Å². The maximum atomic E-state index is 8.60. The lowest BCUT2D eigenvalue weighted by atomic mass is 10.1. The maximum absolute atomic E-state index is 8.60. The lowest BCUT2D eigenvalue weighted by molar-refractivity contribution is 0.0457. The summed E-state index contributed by atoms with van der Waals surface area (Å²) in [7, 11) is 0. The highest BCUT2D eigenvalue weighted by Gasteiger charge is 2.11. The Labute approximate surface area is 162 Å². The van der Waals surface area contributed by atoms with Gasteiger partial charge in [-0.1, -0.05) is 59.2 Å². The van der Waals surface area contributed by atoms with Gasteiger partial charge in [0, 0.05) is 9.93 Å². The highest BCUT2D eigenvalue weighted by Crippen LogP contribution is 2.24. The monoisotopic (exact) mass is 379 g/mol. The van der Waals surface area contributed by atoms with Crippen molar-refractivity contribution in [3.63, 3.8) is 0 Å². The van der Waals surface area contributed by atoms with Crippen LogP contribution in [0.15, 0.2) is 84.0 Å². The summed E-state index contributed by atoms with van der Waals surface area (Å²) >= 11 is 5.88. The molecule has 0 aliphatic carbocycles. The van der Waals surface area contributed by atoms with Crippen LogP contribution < -0.4 is 4.74 Å². The molecule has 0 saturated heterocycles. The first-order valence-corrected chi connectivity index (χ1v) is 8.82. The van der Waals surface area contributed by atoms with Crippen LogP contribution in [0, 0.1) is 0 Å². The predicted octanol–water partition coefficient (Wildman–Crippen LogP) is 6.70. The van der Waals surface area contributed by atoms with E-state index in [4.69, 9.17) is 26.6 Å². The van der Waals surface area contributed by atoms with Crippen molar-refractivity contribution in [1.29, 1.82) is 0 Å². The van der Waals surface area contributed by atoms with Gasteiger partial charge in [0.2, 0.25) is 0 Å². The molecule has 0 saturated carbocycles. The molecule has 6 heteroatoms. The molecule has 0 heterocycles. The second kappa shape index (κ2) is 9.64. The molecule has 0 aliphatic heterocycles. The van der Waals surface area contributed by atoms with Crippen LogP contribution in [0.5, 0.6) is 11.5 Å². The summed E-state index contributed by atoms with van der Waals surface area (Å²) in [5.41, 5.74) is 10.6. The number of rotatable bonds is 8. The topological polar surface area (TPSA) is 67.2 Å². The minimum atomic E-state index is -0.285. The van der Waals surface area contributed by atoms with Crippen molar-refractivity contribution in [2.24, 2.45) is 5.11 Å². The normalized spacial score (nSPS) is 11.4. The van der Waals surface area contributed by atoms with Gasteiger partial charge in [0.05, 0.1) is 19.3 Å². The second-order valence-corrected chi connectivity index (χ2v) is 6.26. The Morgan fingerprint density at radius 2 is 1.52 bits per heavy atom. The molecule has 0 amide bonds. The molecule has 0 radical (unpaired) electrons. The largest absolute Gasteiger partial charge is 0.457 e. The Balaban J connectivity index is 1.61. The zero-order valence-corrected chi connectivity index (χ0v) is 15.3. The number of ether oxygens (including phenoxy) is 2. The van der Waals surface area contributed by atoms with Gasteiger partial charge in [-0.05, 0) is 53.1 Å². The molecule has 3 aromatic rings. The first-order valence-electron chi connectivity index (χ1n) is 8.44. The molecule has 0 aromatic heterocycles. The second-order valence-electron chi connectivity index (χ2n) is 5.82. The predicted molar refractivity (Wildman–Crippen MR) is 106 cm³/mol. The highest BCUT2D eigenvalue weighted by atomic mass is 35.5. The van der Waals surface area contributed by atoms with Gasteiger partial charge in [0.25, 0.3) is 0 Å². The maximum Gasteiger partial charge on any atom is 0.127 e. The molecule has 0 N–H and O–H groups in total. The molecule has 0 fully saturated rings. The molecule has 0 bridgehead atoms. The minimum absolute atomic E-state index is 0.248. The van der Waals surface area contributed by atoms with Crippen LogP contribution in [-0.2, 0) is 11.3 Å². The van der Waals surface area contributed by atoms with Gasteiger partial charge in [-0.25, -0.2) is 0 Å². The van der Waals surface area contributed by atoms with Crippen molar-refractivity contribution in [1.82, 2.24) is 0 Å². The Morgan fingerprint density at radius 1 is 0.889 bits per heavy atom. The van der Waals surface area contributed by atoms with Crippen molar-refractivity contribution in [2.75, 3.05) is 6.54 Å². The van der Waals surface area contributed by atoms with Gasteiger partial charge in [-0.2, -0.15) is 0 Å². The van der Waals surface area contributed by atoms with Crippen LogP contribution in [0.3, 0.4) is 0 Å². The molecule has 0 unspecified atom stereocenters. The van der Waals surface area contributed by atoms with E-state index in [9.17, 15) is 0 Å². The van der Waals surface area contributed by atoms with E-state index in [1.165, 1.54) is 0 Å². The number of hydrogen-bond acceptors (Lipinski definition) is 3. The molecular formula is C21H18ClN3O2. The number of nitrogens with zero attached hydrogens (tertiary/aromatic N) is 3. The lowest BCUT2D eigenvalue weighted by Crippen LogP contribution is -2.07. The summed E-state index contributed by atoms with van der Waals surface area (Å²) in [6, 6.07) is 24.6. The van der Waals surface area contributed by atoms with E-state index in [-0.39, 0.29) is 12.6 Å². The van der Waals surface area contributed by atoms with Gasteiger partial charge in [0.1, 0.15) is 11.5 Å². The number of azide groups is 1. The molecule has 5 nitrogen and oxygen atoms in total. The Hall–Kier alpha value is -2.98. The van der Waals surface area contributed by atoms with Crippen molar-refractivity contribution in [3.8, 4) is 11.5 Å². The summed E-state index contributed by atoms with van der Waals surface area (Å²) in [6.07, 6.45) is -0.285. The molecule has 1 atom stereocenters. The van der Waals surface area contributed by atoms with Crippen molar-refractivity contribution in [2.45, 2.75) is 12.7 Å². The third-order valence-electron chi connectivity index (χ3n) is 3.91. The fourth-order valence-corrected chi connectivity index (χ4v) is 2.65. The summed E-state index contributed by atoms with van der Waals surface area (Å²) < 4.78 is 11.7. The lowest BCUT2D eigenvalue weighted by Gasteiger charge is -2.16. The summed E-state index contributed by atoms with van der Waals surface area (Å²) in [5, 5.41) is 4.32. The van der Waals surface area contributed by atoms with E-state index in [0.717, 1.165) is 22.6 Å². The zero-order valence-electron chi connectivity index (χ0n) is 14.5. The van der Waals surface area contributed by atoms with E-state index in [0.29, 0.717) is 11.6 Å². The van der Waals surface area contributed by atoms with Gasteiger partial charge >= 0.3 is 0 Å². The van der Waals surface area contributed by atoms with E-state index in [1.54, 1.807) is 12.1 Å². The molecule has 0 aliphatic rings. The molecule has 3 rings (SSSR count). The molecule has 136 valence electrons. The van der Waals surface area contributed by atoms with Crippen LogP contribution in [0.2, 0.25) is 5.02 Å². The smallest absolute Gasteiger partial charge is 0.127 e. The Bertz CT molecular complexity index is 893. The fourth-order valence-electron chi connectivity index (χ4n) is 2.52. The number of benzene rings is 3. The quantitative estimate of drug-likeness (QED) is 0.248. The van der Waals surface area contributed by atoms with E-state index in [1.807, 2.05) is 66.7 Å². The first-order chi connectivity index (χ1) is 13.2. The fraction of sp³-hybridized carbons (Fsp3) is 0.143. The van der Waals surface area contributed by atoms with Gasteiger partial charge in [-0.15, -0.1) is 0 Å². The molecule has 27 heavy (non-hydrogen) atoms. The van der Waals surface area contributed by atoms with Gasteiger partial charge < -0.3 is 9.47 Å². The molecular weight excluding hydrogens is 362 g/mol. The average Bonchev–Trinajstić information content (AvgIpc) is 2.71. The summed E-state index contributed by atoms with van der Waals surface area (Å²) in [5.74, 6) is 1.46. The standard InChI is InChI=1S/C21H18ClN3O2/c22-18-8-12-20(13-9-18)27-19-10-6-16(7-11-19)15-26-21(14-24-25-23)17-4-2-1-3-5-17/h1-13,21H,14-15H2/t21-/m0/s1. The van der Waals surface area contributed by atoms with E-state index < -0.39 is 0 Å². The number of hydrogen-bond donors (Lipinski definition) is 0. The average molecular weight is 380 g/mol. The van der Waals surface area contributed by atoms with E-state index in [2.05, 4.69) is 10.0 Å². The molecule has 3 aromatic carbocycles. The SMILES string of the molecule is [N-]=[N+]=NC[C@H](OCc1ccc(Oc2ccc(Cl)cc2)cc1)c1ccccc1. The third kappa shape index (κ3) is 5.76. The highest BCUT2D eigenvalue weighted by molar-refractivity contribution is 6.30. The Kier molecular flexibility index (Phi) is 6.72. The third-order valence-corrected chi connectivity index (χ3v) is 4.16. The van der Waals surface area contributed by atoms with Crippen LogP contribution in [0.4, 0.5) is 0 Å². The Morgan fingerprint density at radius 3 is 2.15 bits per heavy atom. The van der Waals surface area contributed by atoms with Crippen molar-refractivity contribution < 1.29 is 9.47 Å². The van der Waals surface area contributed by atoms with Crippen LogP contribution in [0.1, 0.15) is 17.2 Å². The van der Waals surface area contributed by atoms with Crippen molar-refractivity contribution >= 4 is 11.6 Å². The van der Waals surface area contributed by atoms with Crippen LogP contribution in [0.25, 0.3) is 10.4 Å². The summed E-state index contributed by atoms with van der Waals surface area (Å²) in [6.45, 7) is 0.653. The minimum Gasteiger partial charge on any atom is -0.457 e. The summed E-state index contributed by atoms with van der Waals surface area (Å²) in [4.78, 5) is 2.83. The van der Waals surface area contributed by atoms with Gasteiger partial charge in [-0.3, -0.25) is 0 Å². The zero-order chi connectivity index (χ0) is 18.9. The van der Waals surface area contributed by atoms with Crippen molar-refractivity contribution in [3.05, 3.63) is 105 Å². The first kappa shape index (κ1) is 18.8. The van der Waals surface area contributed by atoms with Gasteiger partial charge in [0.15, 0.2) is 0 Å².